The van der Waals surface area contributed by atoms with Gasteiger partial charge in [-0.15, -0.1) is 11.8 Å². The highest BCUT2D eigenvalue weighted by molar-refractivity contribution is 7.98. The number of nitrogens with one attached hydrogen (secondary N) is 1. The smallest absolute Gasteiger partial charge is 0.272 e. The highest BCUT2D eigenvalue weighted by Gasteiger charge is 2.14. The third-order valence-electron chi connectivity index (χ3n) is 4.03. The van der Waals surface area contributed by atoms with Crippen molar-refractivity contribution in [2.75, 3.05) is 0 Å². The lowest BCUT2D eigenvalue weighted by molar-refractivity contribution is 0.491. The van der Waals surface area contributed by atoms with Crippen LogP contribution in [0.5, 0.6) is 0 Å². The number of H-pyrrole nitrogens is 1. The fourth-order valence-electron chi connectivity index (χ4n) is 2.74. The van der Waals surface area contributed by atoms with Gasteiger partial charge in [-0.2, -0.15) is 0 Å². The number of nitrogens with zero attached hydrogens (tertiary/aromatic N) is 2. The van der Waals surface area contributed by atoms with Gasteiger partial charge in [-0.25, -0.2) is 18.3 Å². The van der Waals surface area contributed by atoms with Gasteiger partial charge in [0.05, 0.1) is 21.4 Å². The monoisotopic (exact) mass is 437 g/mol. The maximum Gasteiger partial charge on any atom is 0.272 e. The average molecular weight is 438 g/mol. The van der Waals surface area contributed by atoms with Crippen molar-refractivity contribution < 1.29 is 8.78 Å². The van der Waals surface area contributed by atoms with Crippen LogP contribution in [0, 0.1) is 11.6 Å². The Hall–Kier alpha value is -2.35. The Morgan fingerprint density at radius 1 is 1.07 bits per heavy atom. The number of aromatic amines is 1. The van der Waals surface area contributed by atoms with Crippen molar-refractivity contribution in [1.29, 1.82) is 0 Å². The van der Waals surface area contributed by atoms with Crippen molar-refractivity contribution in [2.45, 2.75) is 10.6 Å². The number of rotatable bonds is 4. The van der Waals surface area contributed by atoms with E-state index in [2.05, 4.69) is 10.1 Å². The van der Waals surface area contributed by atoms with E-state index < -0.39 is 11.6 Å². The molecular formula is C19H11Cl2F2N3OS. The van der Waals surface area contributed by atoms with Gasteiger partial charge in [0.1, 0.15) is 0 Å². The summed E-state index contributed by atoms with van der Waals surface area (Å²) >= 11 is 13.5. The molecule has 4 rings (SSSR count). The Balaban J connectivity index is 1.69. The van der Waals surface area contributed by atoms with Crippen molar-refractivity contribution in [2.24, 2.45) is 0 Å². The Morgan fingerprint density at radius 3 is 2.54 bits per heavy atom. The first-order chi connectivity index (χ1) is 13.4. The minimum atomic E-state index is -0.916. The molecule has 2 heterocycles. The SMILES string of the molecule is O=c1cc(CSc2cccc(F)c2F)nc2cc(-c3c(Cl)cccc3Cl)[nH]n12. The van der Waals surface area contributed by atoms with Crippen LogP contribution in [0.1, 0.15) is 5.69 Å². The molecule has 0 aliphatic rings. The summed E-state index contributed by atoms with van der Waals surface area (Å²) in [5, 5.41) is 3.81. The van der Waals surface area contributed by atoms with E-state index in [-0.39, 0.29) is 16.2 Å². The molecule has 2 aromatic carbocycles. The van der Waals surface area contributed by atoms with Crippen molar-refractivity contribution in [3.63, 3.8) is 0 Å². The van der Waals surface area contributed by atoms with Gasteiger partial charge in [0.25, 0.3) is 5.56 Å². The molecule has 2 aromatic heterocycles. The molecule has 0 fully saturated rings. The Bertz CT molecular complexity index is 1240. The summed E-state index contributed by atoms with van der Waals surface area (Å²) in [5.74, 6) is -1.62. The third kappa shape index (κ3) is 3.53. The summed E-state index contributed by atoms with van der Waals surface area (Å²) in [7, 11) is 0. The van der Waals surface area contributed by atoms with E-state index >= 15 is 0 Å². The molecule has 1 N–H and O–H groups in total. The number of aromatic nitrogens is 3. The molecule has 4 nitrogen and oxygen atoms in total. The number of halogens is 4. The van der Waals surface area contributed by atoms with Gasteiger partial charge in [-0.1, -0.05) is 35.3 Å². The molecule has 0 aliphatic carbocycles. The molecule has 0 atom stereocenters. The van der Waals surface area contributed by atoms with Crippen LogP contribution in [-0.2, 0) is 5.75 Å². The topological polar surface area (TPSA) is 50.2 Å². The molecule has 0 saturated heterocycles. The molecule has 28 heavy (non-hydrogen) atoms. The van der Waals surface area contributed by atoms with Gasteiger partial charge in [0.2, 0.25) is 0 Å². The molecule has 0 radical (unpaired) electrons. The zero-order chi connectivity index (χ0) is 19.8. The summed E-state index contributed by atoms with van der Waals surface area (Å²) in [5.41, 5.74) is 1.58. The molecule has 0 bridgehead atoms. The first kappa shape index (κ1) is 19.0. The van der Waals surface area contributed by atoms with Crippen molar-refractivity contribution in [3.8, 4) is 11.3 Å². The Labute approximate surface area is 172 Å². The molecule has 9 heteroatoms. The molecule has 0 saturated carbocycles. The summed E-state index contributed by atoms with van der Waals surface area (Å²) in [4.78, 5) is 17.0. The largest absolute Gasteiger partial charge is 0.289 e. The second-order valence-electron chi connectivity index (χ2n) is 5.89. The molecule has 142 valence electrons. The number of benzene rings is 2. The maximum atomic E-state index is 13.8. The highest BCUT2D eigenvalue weighted by atomic mass is 35.5. The number of hydrogen-bond donors (Lipinski definition) is 1. The number of thioether (sulfide) groups is 1. The lowest BCUT2D eigenvalue weighted by Crippen LogP contribution is -2.15. The Kier molecular flexibility index (Phi) is 5.14. The summed E-state index contributed by atoms with van der Waals surface area (Å²) in [6, 6.07) is 12.1. The zero-order valence-corrected chi connectivity index (χ0v) is 16.4. The first-order valence-corrected chi connectivity index (χ1v) is 9.81. The summed E-state index contributed by atoms with van der Waals surface area (Å²) < 4.78 is 28.4. The molecule has 0 aliphatic heterocycles. The van der Waals surface area contributed by atoms with Crippen LogP contribution in [0.25, 0.3) is 16.9 Å². The average Bonchev–Trinajstić information content (AvgIpc) is 3.07. The van der Waals surface area contributed by atoms with E-state index in [1.807, 2.05) is 0 Å². The van der Waals surface area contributed by atoms with E-state index in [0.29, 0.717) is 32.6 Å². The predicted octanol–water partition coefficient (Wildman–Crippen LogP) is 5.57. The lowest BCUT2D eigenvalue weighted by Gasteiger charge is -2.04. The normalized spacial score (nSPS) is 11.3. The van der Waals surface area contributed by atoms with Crippen molar-refractivity contribution in [1.82, 2.24) is 14.6 Å². The van der Waals surface area contributed by atoms with Gasteiger partial charge in [0.15, 0.2) is 17.3 Å². The molecule has 4 aromatic rings. The van der Waals surface area contributed by atoms with Gasteiger partial charge < -0.3 is 0 Å². The van der Waals surface area contributed by atoms with Crippen molar-refractivity contribution >= 4 is 40.6 Å². The van der Waals surface area contributed by atoms with Crippen LogP contribution in [0.15, 0.2) is 58.2 Å². The van der Waals surface area contributed by atoms with Crippen LogP contribution in [0.2, 0.25) is 10.0 Å². The van der Waals surface area contributed by atoms with Gasteiger partial charge in [0, 0.05) is 28.3 Å². The van der Waals surface area contributed by atoms with Gasteiger partial charge >= 0.3 is 0 Å². The van der Waals surface area contributed by atoms with E-state index in [4.69, 9.17) is 23.2 Å². The van der Waals surface area contributed by atoms with Crippen molar-refractivity contribution in [3.05, 3.63) is 86.3 Å². The van der Waals surface area contributed by atoms with Gasteiger partial charge in [-0.05, 0) is 24.3 Å². The third-order valence-corrected chi connectivity index (χ3v) is 5.72. The fourth-order valence-corrected chi connectivity index (χ4v) is 4.20. The second-order valence-corrected chi connectivity index (χ2v) is 7.72. The molecular weight excluding hydrogens is 427 g/mol. The molecule has 0 spiro atoms. The Morgan fingerprint density at radius 2 is 1.79 bits per heavy atom. The second kappa shape index (κ2) is 7.58. The maximum absolute atomic E-state index is 13.8. The van der Waals surface area contributed by atoms with Crippen LogP contribution in [-0.4, -0.2) is 14.6 Å². The van der Waals surface area contributed by atoms with Gasteiger partial charge in [-0.3, -0.25) is 9.89 Å². The van der Waals surface area contributed by atoms with Crippen LogP contribution in [0.3, 0.4) is 0 Å². The van der Waals surface area contributed by atoms with E-state index in [9.17, 15) is 13.6 Å². The quantitative estimate of drug-likeness (QED) is 0.424. The van der Waals surface area contributed by atoms with E-state index in [1.54, 1.807) is 24.3 Å². The molecule has 0 unspecified atom stereocenters. The van der Waals surface area contributed by atoms with Crippen LogP contribution >= 0.6 is 35.0 Å². The number of fused-ring (bicyclic) bond motifs is 1. The predicted molar refractivity (Wildman–Crippen MR) is 107 cm³/mol. The molecule has 0 amide bonds. The summed E-state index contributed by atoms with van der Waals surface area (Å²) in [6.07, 6.45) is 0. The van der Waals surface area contributed by atoms with Crippen LogP contribution < -0.4 is 5.56 Å². The first-order valence-electron chi connectivity index (χ1n) is 8.07. The summed E-state index contributed by atoms with van der Waals surface area (Å²) in [6.45, 7) is 0. The van der Waals surface area contributed by atoms with E-state index in [0.717, 1.165) is 17.8 Å². The number of hydrogen-bond acceptors (Lipinski definition) is 3. The highest BCUT2D eigenvalue weighted by Crippen LogP contribution is 2.34. The van der Waals surface area contributed by atoms with Crippen LogP contribution in [0.4, 0.5) is 8.78 Å². The minimum absolute atomic E-state index is 0.152. The lowest BCUT2D eigenvalue weighted by atomic mass is 10.1. The zero-order valence-electron chi connectivity index (χ0n) is 14.0. The standard InChI is InChI=1S/C19H11Cl2F2N3OS/c20-11-3-1-4-12(21)18(11)14-8-16-24-10(7-17(27)26(16)25-14)9-28-15-6-2-5-13(22)19(15)23/h1-8,25H,9H2. The van der Waals surface area contributed by atoms with E-state index in [1.165, 1.54) is 22.7 Å². The fraction of sp³-hybridized carbons (Fsp3) is 0.0526. The minimum Gasteiger partial charge on any atom is -0.289 e.